The number of aromatic amines is 1. The van der Waals surface area contributed by atoms with Gasteiger partial charge in [-0.25, -0.2) is 9.78 Å². The summed E-state index contributed by atoms with van der Waals surface area (Å²) in [5.74, 6) is 1.14. The lowest BCUT2D eigenvalue weighted by Crippen LogP contribution is -2.39. The van der Waals surface area contributed by atoms with Crippen LogP contribution in [0.1, 0.15) is 45.9 Å². The Morgan fingerprint density at radius 2 is 2.04 bits per heavy atom. The molecule has 0 aliphatic heterocycles. The van der Waals surface area contributed by atoms with Gasteiger partial charge in [0.2, 0.25) is 0 Å². The molecule has 2 heterocycles. The molecule has 1 atom stereocenters. The molecule has 0 spiro atoms. The van der Waals surface area contributed by atoms with E-state index in [4.69, 9.17) is 0 Å². The van der Waals surface area contributed by atoms with Gasteiger partial charge in [-0.15, -0.1) is 0 Å². The van der Waals surface area contributed by atoms with Crippen molar-refractivity contribution in [2.24, 2.45) is 13.0 Å². The Bertz CT molecular complexity index is 877. The summed E-state index contributed by atoms with van der Waals surface area (Å²) in [6.45, 7) is 6.69. The maximum Gasteiger partial charge on any atom is 0.332 e. The van der Waals surface area contributed by atoms with Crippen LogP contribution in [0.25, 0.3) is 11.2 Å². The number of nitrogens with zero attached hydrogens (tertiary/aromatic N) is 3. The first-order valence-corrected chi connectivity index (χ1v) is 8.14. The molecular formula is C17H24N4O2. The van der Waals surface area contributed by atoms with Crippen LogP contribution in [0.15, 0.2) is 21.7 Å². The quantitative estimate of drug-likeness (QED) is 0.862. The fraction of sp³-hybridized carbons (Fsp3) is 0.588. The highest BCUT2D eigenvalue weighted by Crippen LogP contribution is 2.23. The normalized spacial score (nSPS) is 18.7. The van der Waals surface area contributed by atoms with E-state index in [1.807, 2.05) is 20.8 Å². The third kappa shape index (κ3) is 2.78. The van der Waals surface area contributed by atoms with Gasteiger partial charge >= 0.3 is 5.69 Å². The van der Waals surface area contributed by atoms with Gasteiger partial charge < -0.3 is 4.98 Å². The highest BCUT2D eigenvalue weighted by molar-refractivity contribution is 5.70. The van der Waals surface area contributed by atoms with Crippen molar-refractivity contribution in [2.75, 3.05) is 0 Å². The van der Waals surface area contributed by atoms with Crippen molar-refractivity contribution < 1.29 is 0 Å². The van der Waals surface area contributed by atoms with E-state index in [1.54, 1.807) is 4.57 Å². The average Bonchev–Trinajstić information content (AvgIpc) is 2.96. The van der Waals surface area contributed by atoms with E-state index >= 15 is 0 Å². The van der Waals surface area contributed by atoms with Gasteiger partial charge in [-0.2, -0.15) is 0 Å². The second kappa shape index (κ2) is 5.51. The molecule has 3 rings (SSSR count). The summed E-state index contributed by atoms with van der Waals surface area (Å²) < 4.78 is 2.83. The predicted molar refractivity (Wildman–Crippen MR) is 90.8 cm³/mol. The Labute approximate surface area is 134 Å². The van der Waals surface area contributed by atoms with Gasteiger partial charge in [-0.3, -0.25) is 13.9 Å². The molecule has 23 heavy (non-hydrogen) atoms. The summed E-state index contributed by atoms with van der Waals surface area (Å²) >= 11 is 0. The van der Waals surface area contributed by atoms with Gasteiger partial charge in [0.1, 0.15) is 11.3 Å². The number of hydrogen-bond donors (Lipinski definition) is 1. The highest BCUT2D eigenvalue weighted by Gasteiger charge is 2.23. The molecule has 2 aromatic heterocycles. The first kappa shape index (κ1) is 15.8. The summed E-state index contributed by atoms with van der Waals surface area (Å²) in [6.07, 6.45) is 7.42. The Hall–Kier alpha value is -2.11. The van der Waals surface area contributed by atoms with Gasteiger partial charge in [0.25, 0.3) is 5.56 Å². The lowest BCUT2D eigenvalue weighted by molar-refractivity contribution is 0.401. The lowest BCUT2D eigenvalue weighted by atomic mass is 9.94. The fourth-order valence-corrected chi connectivity index (χ4v) is 3.03. The second-order valence-corrected chi connectivity index (χ2v) is 7.44. The molecule has 1 aliphatic rings. The van der Waals surface area contributed by atoms with Crippen LogP contribution in [-0.2, 0) is 19.0 Å². The number of H-pyrrole nitrogens is 1. The second-order valence-electron chi connectivity index (χ2n) is 7.44. The van der Waals surface area contributed by atoms with Crippen LogP contribution in [0.3, 0.4) is 0 Å². The molecule has 1 aliphatic carbocycles. The minimum absolute atomic E-state index is 0.210. The van der Waals surface area contributed by atoms with Crippen molar-refractivity contribution in [3.63, 3.8) is 0 Å². The van der Waals surface area contributed by atoms with Gasteiger partial charge in [-0.05, 0) is 25.2 Å². The van der Waals surface area contributed by atoms with Crippen LogP contribution in [-0.4, -0.2) is 19.1 Å². The zero-order valence-corrected chi connectivity index (χ0v) is 14.2. The molecule has 0 radical (unpaired) electrons. The number of allylic oxidation sites excluding steroid dienone is 2. The van der Waals surface area contributed by atoms with Crippen LogP contribution in [0.5, 0.6) is 0 Å². The van der Waals surface area contributed by atoms with Crippen molar-refractivity contribution in [3.8, 4) is 0 Å². The van der Waals surface area contributed by atoms with E-state index in [2.05, 4.69) is 22.1 Å². The zero-order chi connectivity index (χ0) is 16.8. The zero-order valence-electron chi connectivity index (χ0n) is 14.2. The number of nitrogens with one attached hydrogen (secondary N) is 1. The predicted octanol–water partition coefficient (Wildman–Crippen LogP) is 2.08. The molecule has 1 unspecified atom stereocenters. The van der Waals surface area contributed by atoms with E-state index in [9.17, 15) is 9.59 Å². The van der Waals surface area contributed by atoms with Crippen LogP contribution >= 0.6 is 0 Å². The number of imidazole rings is 1. The maximum atomic E-state index is 12.6. The van der Waals surface area contributed by atoms with Gasteiger partial charge in [0, 0.05) is 19.0 Å². The summed E-state index contributed by atoms with van der Waals surface area (Å²) in [4.78, 5) is 32.7. The van der Waals surface area contributed by atoms with E-state index in [0.717, 1.165) is 25.1 Å². The Balaban J connectivity index is 2.19. The third-order valence-electron chi connectivity index (χ3n) is 4.51. The monoisotopic (exact) mass is 316 g/mol. The minimum atomic E-state index is -0.312. The number of rotatable bonds is 2. The summed E-state index contributed by atoms with van der Waals surface area (Å²) in [7, 11) is 1.53. The molecule has 2 aromatic rings. The van der Waals surface area contributed by atoms with E-state index < -0.39 is 0 Å². The van der Waals surface area contributed by atoms with Crippen molar-refractivity contribution >= 4 is 11.2 Å². The Morgan fingerprint density at radius 1 is 1.30 bits per heavy atom. The molecule has 0 aromatic carbocycles. The first-order chi connectivity index (χ1) is 10.8. The smallest absolute Gasteiger partial charge is 0.332 e. The minimum Gasteiger partial charge on any atom is -0.336 e. The summed E-state index contributed by atoms with van der Waals surface area (Å²) in [5, 5.41) is 0. The first-order valence-electron chi connectivity index (χ1n) is 8.14. The van der Waals surface area contributed by atoms with E-state index in [1.165, 1.54) is 11.6 Å². The molecule has 0 amide bonds. The molecule has 0 fully saturated rings. The highest BCUT2D eigenvalue weighted by atomic mass is 16.2. The molecule has 6 nitrogen and oxygen atoms in total. The van der Waals surface area contributed by atoms with E-state index in [-0.39, 0.29) is 16.7 Å². The number of fused-ring (bicyclic) bond motifs is 1. The van der Waals surface area contributed by atoms with Gasteiger partial charge in [0.05, 0.1) is 0 Å². The SMILES string of the molecule is Cn1c(=O)c2[nH]c(C(C)(C)C)nc2n(CC2CC=CCC2)c1=O. The van der Waals surface area contributed by atoms with Crippen molar-refractivity contribution in [2.45, 2.75) is 52.0 Å². The standard InChI is InChI=1S/C17H24N4O2/c1-17(2,3)15-18-12-13(19-15)21(16(23)20(4)14(12)22)10-11-8-6-5-7-9-11/h5-6,11H,7-10H2,1-4H3,(H,18,19). The number of hydrogen-bond acceptors (Lipinski definition) is 3. The Morgan fingerprint density at radius 3 is 2.65 bits per heavy atom. The van der Waals surface area contributed by atoms with Gasteiger partial charge in [0.15, 0.2) is 5.65 Å². The fourth-order valence-electron chi connectivity index (χ4n) is 3.03. The molecule has 1 N–H and O–H groups in total. The molecule has 0 saturated carbocycles. The van der Waals surface area contributed by atoms with Crippen LogP contribution < -0.4 is 11.2 Å². The van der Waals surface area contributed by atoms with Gasteiger partial charge in [-0.1, -0.05) is 32.9 Å². The average molecular weight is 316 g/mol. The third-order valence-corrected chi connectivity index (χ3v) is 4.51. The van der Waals surface area contributed by atoms with E-state index in [0.29, 0.717) is 23.6 Å². The lowest BCUT2D eigenvalue weighted by Gasteiger charge is -2.19. The largest absolute Gasteiger partial charge is 0.336 e. The number of aromatic nitrogens is 4. The molecule has 0 bridgehead atoms. The molecule has 0 saturated heterocycles. The van der Waals surface area contributed by atoms with Crippen LogP contribution in [0.4, 0.5) is 0 Å². The summed E-state index contributed by atoms with van der Waals surface area (Å²) in [6, 6.07) is 0. The molecule has 124 valence electrons. The van der Waals surface area contributed by atoms with Crippen LogP contribution in [0.2, 0.25) is 0 Å². The van der Waals surface area contributed by atoms with Crippen molar-refractivity contribution in [1.29, 1.82) is 0 Å². The van der Waals surface area contributed by atoms with Crippen LogP contribution in [0, 0.1) is 5.92 Å². The topological polar surface area (TPSA) is 72.7 Å². The van der Waals surface area contributed by atoms with Crippen molar-refractivity contribution in [1.82, 2.24) is 19.1 Å². The molecular weight excluding hydrogens is 292 g/mol. The maximum absolute atomic E-state index is 12.6. The van der Waals surface area contributed by atoms with Crippen molar-refractivity contribution in [3.05, 3.63) is 38.8 Å². The molecule has 6 heteroatoms. The summed E-state index contributed by atoms with van der Waals surface area (Å²) in [5.41, 5.74) is 0.0936. The Kier molecular flexibility index (Phi) is 3.78.